The van der Waals surface area contributed by atoms with Gasteiger partial charge < -0.3 is 15.0 Å². The largest absolute Gasteiger partial charge is 0.494 e. The standard InChI is InChI=1S/C19H21N5O2S2/c1-26-16-9-15-17(10-14(16)22-18(25)13-3-6-20-11-21-13)28-19(23-15)24-7-4-12(27-2)5-8-24/h3,6,9-12H,4-5,7-8H2,1-2H3,(H,22,25). The summed E-state index contributed by atoms with van der Waals surface area (Å²) in [4.78, 5) is 27.4. The van der Waals surface area contributed by atoms with Crippen molar-refractivity contribution in [2.45, 2.75) is 18.1 Å². The first kappa shape index (κ1) is 18.9. The molecule has 28 heavy (non-hydrogen) atoms. The van der Waals surface area contributed by atoms with E-state index in [0.717, 1.165) is 33.7 Å². The first-order chi connectivity index (χ1) is 13.7. The Morgan fingerprint density at radius 2 is 2.18 bits per heavy atom. The minimum absolute atomic E-state index is 0.302. The molecule has 1 aliphatic rings. The Labute approximate surface area is 171 Å². The van der Waals surface area contributed by atoms with Gasteiger partial charge in [0.15, 0.2) is 5.13 Å². The van der Waals surface area contributed by atoms with Crippen molar-refractivity contribution in [3.63, 3.8) is 0 Å². The van der Waals surface area contributed by atoms with Crippen molar-refractivity contribution in [2.75, 3.05) is 36.7 Å². The average molecular weight is 416 g/mol. The van der Waals surface area contributed by atoms with Crippen molar-refractivity contribution in [1.82, 2.24) is 15.0 Å². The molecule has 9 heteroatoms. The minimum Gasteiger partial charge on any atom is -0.494 e. The molecule has 146 valence electrons. The van der Waals surface area contributed by atoms with Gasteiger partial charge in [0.05, 0.1) is 23.0 Å². The highest BCUT2D eigenvalue weighted by molar-refractivity contribution is 7.99. The molecule has 0 saturated carbocycles. The van der Waals surface area contributed by atoms with Crippen LogP contribution in [0, 0.1) is 0 Å². The fourth-order valence-electron chi connectivity index (χ4n) is 3.24. The predicted molar refractivity (Wildman–Crippen MR) is 115 cm³/mol. The first-order valence-electron chi connectivity index (χ1n) is 9.01. The van der Waals surface area contributed by atoms with E-state index in [1.165, 1.54) is 25.4 Å². The molecule has 3 aromatic rings. The van der Waals surface area contributed by atoms with Crippen molar-refractivity contribution in [2.24, 2.45) is 0 Å². The highest BCUT2D eigenvalue weighted by Crippen LogP contribution is 2.37. The van der Waals surface area contributed by atoms with Crippen LogP contribution in [0.2, 0.25) is 0 Å². The van der Waals surface area contributed by atoms with Gasteiger partial charge in [-0.05, 0) is 31.2 Å². The molecule has 0 spiro atoms. The zero-order valence-electron chi connectivity index (χ0n) is 15.7. The number of nitrogens with zero attached hydrogens (tertiary/aromatic N) is 4. The lowest BCUT2D eigenvalue weighted by molar-refractivity contribution is 0.102. The summed E-state index contributed by atoms with van der Waals surface area (Å²) in [5.41, 5.74) is 1.79. The van der Waals surface area contributed by atoms with Crippen LogP contribution in [0.3, 0.4) is 0 Å². The molecule has 4 rings (SSSR count). The van der Waals surface area contributed by atoms with Crippen molar-refractivity contribution in [3.05, 3.63) is 36.4 Å². The van der Waals surface area contributed by atoms with Crippen LogP contribution in [-0.4, -0.2) is 52.6 Å². The number of thiazole rings is 1. The number of carbonyl (C=O) groups excluding carboxylic acids is 1. The number of thioether (sulfide) groups is 1. The molecule has 0 bridgehead atoms. The summed E-state index contributed by atoms with van der Waals surface area (Å²) in [5, 5.41) is 4.65. The minimum atomic E-state index is -0.302. The number of hydrogen-bond donors (Lipinski definition) is 1. The normalized spacial score (nSPS) is 15.0. The van der Waals surface area contributed by atoms with Crippen LogP contribution >= 0.6 is 23.1 Å². The van der Waals surface area contributed by atoms with Gasteiger partial charge in [0, 0.05) is 30.6 Å². The Kier molecular flexibility index (Phi) is 5.63. The van der Waals surface area contributed by atoms with E-state index in [0.29, 0.717) is 17.1 Å². The molecule has 3 heterocycles. The summed E-state index contributed by atoms with van der Waals surface area (Å²) < 4.78 is 6.49. The van der Waals surface area contributed by atoms with Crippen molar-refractivity contribution in [1.29, 1.82) is 0 Å². The Balaban J connectivity index is 1.59. The summed E-state index contributed by atoms with van der Waals surface area (Å²) in [6.07, 6.45) is 7.44. The fraction of sp³-hybridized carbons (Fsp3) is 0.368. The van der Waals surface area contributed by atoms with Crippen LogP contribution in [-0.2, 0) is 0 Å². The maximum Gasteiger partial charge on any atom is 0.274 e. The third kappa shape index (κ3) is 3.90. The first-order valence-corrected chi connectivity index (χ1v) is 11.1. The highest BCUT2D eigenvalue weighted by atomic mass is 32.2. The number of carbonyl (C=O) groups is 1. The van der Waals surface area contributed by atoms with Crippen molar-refractivity contribution < 1.29 is 9.53 Å². The fourth-order valence-corrected chi connectivity index (χ4v) is 4.96. The number of methoxy groups -OCH3 is 1. The van der Waals surface area contributed by atoms with Gasteiger partial charge in [-0.3, -0.25) is 4.79 Å². The number of piperidine rings is 1. The predicted octanol–water partition coefficient (Wildman–Crippen LogP) is 3.68. The molecule has 2 aromatic heterocycles. The maximum atomic E-state index is 12.5. The Morgan fingerprint density at radius 1 is 1.36 bits per heavy atom. The van der Waals surface area contributed by atoms with E-state index in [4.69, 9.17) is 9.72 Å². The van der Waals surface area contributed by atoms with E-state index in [9.17, 15) is 4.79 Å². The monoisotopic (exact) mass is 415 g/mol. The zero-order valence-corrected chi connectivity index (χ0v) is 17.3. The lowest BCUT2D eigenvalue weighted by atomic mass is 10.1. The van der Waals surface area contributed by atoms with E-state index >= 15 is 0 Å². The van der Waals surface area contributed by atoms with E-state index in [2.05, 4.69) is 26.4 Å². The molecular formula is C19H21N5O2S2. The molecule has 1 aromatic carbocycles. The van der Waals surface area contributed by atoms with Gasteiger partial charge in [0.25, 0.3) is 5.91 Å². The average Bonchev–Trinajstić information content (AvgIpc) is 3.16. The number of anilines is 2. The van der Waals surface area contributed by atoms with Crippen LogP contribution in [0.5, 0.6) is 5.75 Å². The van der Waals surface area contributed by atoms with E-state index < -0.39 is 0 Å². The molecule has 1 fully saturated rings. The molecule has 1 aliphatic heterocycles. The number of amides is 1. The van der Waals surface area contributed by atoms with Gasteiger partial charge in [0.1, 0.15) is 17.8 Å². The molecular weight excluding hydrogens is 394 g/mol. The summed E-state index contributed by atoms with van der Waals surface area (Å²) in [5.74, 6) is 0.275. The summed E-state index contributed by atoms with van der Waals surface area (Å²) in [6.45, 7) is 2.06. The molecule has 0 unspecified atom stereocenters. The second-order valence-corrected chi connectivity index (χ2v) is 8.63. The summed E-state index contributed by atoms with van der Waals surface area (Å²) in [7, 11) is 1.59. The molecule has 1 amide bonds. The van der Waals surface area contributed by atoms with Gasteiger partial charge >= 0.3 is 0 Å². The number of fused-ring (bicyclic) bond motifs is 1. The van der Waals surface area contributed by atoms with Gasteiger partial charge in [-0.15, -0.1) is 0 Å². The zero-order chi connectivity index (χ0) is 19.5. The van der Waals surface area contributed by atoms with Crippen LogP contribution in [0.25, 0.3) is 10.2 Å². The highest BCUT2D eigenvalue weighted by Gasteiger charge is 2.22. The van der Waals surface area contributed by atoms with E-state index in [1.54, 1.807) is 24.5 Å². The van der Waals surface area contributed by atoms with Crippen molar-refractivity contribution in [3.8, 4) is 5.75 Å². The number of benzene rings is 1. The Hall–Kier alpha value is -2.39. The number of rotatable bonds is 5. The van der Waals surface area contributed by atoms with Gasteiger partial charge in [-0.2, -0.15) is 11.8 Å². The van der Waals surface area contributed by atoms with Gasteiger partial charge in [-0.25, -0.2) is 15.0 Å². The van der Waals surface area contributed by atoms with Crippen LogP contribution in [0.1, 0.15) is 23.3 Å². The SMILES string of the molecule is COc1cc2nc(N3CCC(SC)CC3)sc2cc1NC(=O)c1ccncn1. The summed E-state index contributed by atoms with van der Waals surface area (Å²) >= 11 is 3.59. The maximum absolute atomic E-state index is 12.5. The van der Waals surface area contributed by atoms with Crippen LogP contribution in [0.15, 0.2) is 30.7 Å². The number of ether oxygens (including phenoxy) is 1. The van der Waals surface area contributed by atoms with Crippen LogP contribution < -0.4 is 15.0 Å². The third-order valence-corrected chi connectivity index (χ3v) is 7.02. The van der Waals surface area contributed by atoms with Gasteiger partial charge in [0.2, 0.25) is 0 Å². The summed E-state index contributed by atoms with van der Waals surface area (Å²) in [6, 6.07) is 5.37. The van der Waals surface area contributed by atoms with Crippen LogP contribution in [0.4, 0.5) is 10.8 Å². The second kappa shape index (κ2) is 8.32. The molecule has 0 radical (unpaired) electrons. The molecule has 0 atom stereocenters. The topological polar surface area (TPSA) is 80.2 Å². The van der Waals surface area contributed by atoms with E-state index in [-0.39, 0.29) is 5.91 Å². The second-order valence-electron chi connectivity index (χ2n) is 6.49. The third-order valence-electron chi connectivity index (χ3n) is 4.81. The molecule has 1 saturated heterocycles. The Bertz CT molecular complexity index is 971. The van der Waals surface area contributed by atoms with E-state index in [1.807, 2.05) is 23.9 Å². The molecule has 1 N–H and O–H groups in total. The quantitative estimate of drug-likeness (QED) is 0.681. The lowest BCUT2D eigenvalue weighted by Gasteiger charge is -2.30. The number of aromatic nitrogens is 3. The molecule has 7 nitrogen and oxygen atoms in total. The van der Waals surface area contributed by atoms with Crippen molar-refractivity contribution >= 4 is 50.0 Å². The smallest absolute Gasteiger partial charge is 0.274 e. The number of hydrogen-bond acceptors (Lipinski definition) is 8. The van der Waals surface area contributed by atoms with Gasteiger partial charge in [-0.1, -0.05) is 11.3 Å². The Morgan fingerprint density at radius 3 is 2.86 bits per heavy atom. The molecule has 0 aliphatic carbocycles. The lowest BCUT2D eigenvalue weighted by Crippen LogP contribution is -2.34. The number of nitrogens with one attached hydrogen (secondary N) is 1.